The van der Waals surface area contributed by atoms with E-state index in [2.05, 4.69) is 0 Å². The van der Waals surface area contributed by atoms with Gasteiger partial charge in [0.25, 0.3) is 0 Å². The first-order chi connectivity index (χ1) is 21.6. The summed E-state index contributed by atoms with van der Waals surface area (Å²) in [7, 11) is 0. The van der Waals surface area contributed by atoms with E-state index in [1.807, 2.05) is 0 Å². The molecule has 0 saturated heterocycles. The van der Waals surface area contributed by atoms with Crippen LogP contribution in [0.4, 0.5) is 74.6 Å². The first-order valence-electron chi connectivity index (χ1n) is 13.0. The summed E-state index contributed by atoms with van der Waals surface area (Å²) in [4.78, 5) is 26.5. The number of aromatic nitrogens is 3. The van der Waals surface area contributed by atoms with Crippen LogP contribution in [0.5, 0.6) is 0 Å². The maximum absolute atomic E-state index is 14.6. The van der Waals surface area contributed by atoms with E-state index in [0.29, 0.717) is 31.6 Å². The zero-order valence-corrected chi connectivity index (χ0v) is 22.8. The van der Waals surface area contributed by atoms with Crippen LogP contribution in [0.2, 0.25) is 0 Å². The molecule has 6 rings (SSSR count). The summed E-state index contributed by atoms with van der Waals surface area (Å²) < 4.78 is 233. The number of nitrogens with zero attached hydrogens (tertiary/aromatic N) is 3. The van der Waals surface area contributed by atoms with Crippen molar-refractivity contribution >= 4 is 0 Å². The van der Waals surface area contributed by atoms with Gasteiger partial charge in [-0.15, -0.1) is 0 Å². The van der Waals surface area contributed by atoms with Crippen LogP contribution < -0.4 is 11.4 Å². The van der Waals surface area contributed by atoms with Gasteiger partial charge in [-0.1, -0.05) is 48.5 Å². The Morgan fingerprint density at radius 1 is 0.458 bits per heavy atom. The van der Waals surface area contributed by atoms with Crippen molar-refractivity contribution in [3.05, 3.63) is 91.8 Å². The van der Waals surface area contributed by atoms with Crippen LogP contribution in [-0.4, -0.2) is 61.6 Å². The molecule has 0 radical (unpaired) electrons. The molecule has 0 N–H and O–H groups in total. The predicted molar refractivity (Wildman–Crippen MR) is 126 cm³/mol. The Morgan fingerprint density at radius 2 is 0.750 bits per heavy atom. The third-order valence-corrected chi connectivity index (χ3v) is 8.18. The Labute approximate surface area is 253 Å². The van der Waals surface area contributed by atoms with Gasteiger partial charge in [0.05, 0.1) is 0 Å². The molecule has 0 spiro atoms. The fourth-order valence-electron chi connectivity index (χ4n) is 5.66. The SMILES string of the molecule is O=c1n(CCC(F)(F)C(F)(F)C(F)(F)C(F)(F)C(F)(F)C(F)(F)C(F)(F)C(F)(F)F)c(=O)n2n1C1c3ccccc3C2c2ccccc21. The number of rotatable bonds is 9. The zero-order chi connectivity index (χ0) is 36.4. The molecule has 3 aromatic rings. The molecular weight excluding hydrogens is 709 g/mol. The molecule has 264 valence electrons. The molecule has 1 aromatic heterocycles. The Kier molecular flexibility index (Phi) is 7.37. The highest BCUT2D eigenvalue weighted by molar-refractivity contribution is 5.54. The van der Waals surface area contributed by atoms with Gasteiger partial charge in [-0.2, -0.15) is 74.6 Å². The number of alkyl halides is 17. The van der Waals surface area contributed by atoms with Crippen LogP contribution in [0.15, 0.2) is 58.1 Å². The lowest BCUT2D eigenvalue weighted by Crippen LogP contribution is -2.74. The molecule has 0 atom stereocenters. The number of hydrogen-bond acceptors (Lipinski definition) is 2. The van der Waals surface area contributed by atoms with Gasteiger partial charge < -0.3 is 0 Å². The summed E-state index contributed by atoms with van der Waals surface area (Å²) in [5.74, 6) is -57.5. The fraction of sp³-hybridized carbons (Fsp3) is 0.462. The Morgan fingerprint density at radius 3 is 1.06 bits per heavy atom. The Bertz CT molecular complexity index is 1760. The summed E-state index contributed by atoms with van der Waals surface area (Å²) in [5, 5.41) is 0. The van der Waals surface area contributed by atoms with Crippen LogP contribution >= 0.6 is 0 Å². The van der Waals surface area contributed by atoms with Crippen LogP contribution in [0, 0.1) is 0 Å². The summed E-state index contributed by atoms with van der Waals surface area (Å²) in [5.41, 5.74) is -1.42. The van der Waals surface area contributed by atoms with E-state index in [1.165, 1.54) is 48.5 Å². The van der Waals surface area contributed by atoms with Crippen LogP contribution in [0.3, 0.4) is 0 Å². The van der Waals surface area contributed by atoms with Gasteiger partial charge in [0.2, 0.25) is 0 Å². The molecule has 1 aliphatic carbocycles. The normalized spacial score (nSPS) is 18.9. The van der Waals surface area contributed by atoms with Gasteiger partial charge in [0.1, 0.15) is 12.1 Å². The second-order valence-corrected chi connectivity index (χ2v) is 10.9. The fourth-order valence-corrected chi connectivity index (χ4v) is 5.66. The maximum atomic E-state index is 14.6. The van der Waals surface area contributed by atoms with Crippen LogP contribution in [0.1, 0.15) is 40.8 Å². The van der Waals surface area contributed by atoms with Crippen molar-refractivity contribution in [3.63, 3.8) is 0 Å². The molecule has 0 unspecified atom stereocenters. The highest BCUT2D eigenvalue weighted by Crippen LogP contribution is 2.64. The van der Waals surface area contributed by atoms with Crippen molar-refractivity contribution in [2.75, 3.05) is 0 Å². The first kappa shape index (κ1) is 35.3. The van der Waals surface area contributed by atoms with Crippen molar-refractivity contribution in [1.82, 2.24) is 13.9 Å². The minimum absolute atomic E-state index is 0.218. The lowest BCUT2D eigenvalue weighted by atomic mass is 9.78. The number of halogens is 17. The zero-order valence-electron chi connectivity index (χ0n) is 22.8. The predicted octanol–water partition coefficient (Wildman–Crippen LogP) is 7.11. The summed E-state index contributed by atoms with van der Waals surface area (Å²) >= 11 is 0. The molecule has 5 nitrogen and oxygen atoms in total. The topological polar surface area (TPSA) is 48.9 Å². The monoisotopic (exact) mass is 723 g/mol. The van der Waals surface area contributed by atoms with Crippen molar-refractivity contribution in [2.45, 2.75) is 72.7 Å². The third kappa shape index (κ3) is 4.11. The van der Waals surface area contributed by atoms with Crippen molar-refractivity contribution < 1.29 is 74.6 Å². The molecule has 2 aliphatic heterocycles. The van der Waals surface area contributed by atoms with E-state index in [9.17, 15) is 84.2 Å². The smallest absolute Gasteiger partial charge is 0.246 e. The second-order valence-electron chi connectivity index (χ2n) is 10.9. The molecule has 0 amide bonds. The van der Waals surface area contributed by atoms with E-state index >= 15 is 0 Å². The van der Waals surface area contributed by atoms with Gasteiger partial charge in [-0.25, -0.2) is 23.5 Å². The second kappa shape index (κ2) is 10.0. The Balaban J connectivity index is 1.51. The molecule has 2 aromatic carbocycles. The van der Waals surface area contributed by atoms with E-state index < -0.39 is 84.1 Å². The quantitative estimate of drug-likeness (QED) is 0.152. The first-order valence-corrected chi connectivity index (χ1v) is 13.0. The molecule has 0 fully saturated rings. The standard InChI is InChI=1S/C26H14F17N3O2/c27-19(28,20(29,30)21(31,32)22(33,34)23(35,36)24(37,38)25(39,40)26(41,42)43)9-10-44-17(47)45-15-11-5-1-2-6-12(11)16(46(45)18(44)48)14-8-4-3-7-13(14)15/h1-8,15-16H,9-10H2. The Hall–Kier alpha value is -4.01. The average Bonchev–Trinajstić information content (AvgIpc) is 3.24. The molecular formula is C26H14F17N3O2. The van der Waals surface area contributed by atoms with Crippen LogP contribution in [-0.2, 0) is 6.54 Å². The minimum atomic E-state index is -8.75. The van der Waals surface area contributed by atoms with Gasteiger partial charge in [-0.3, -0.25) is 0 Å². The van der Waals surface area contributed by atoms with Gasteiger partial charge in [-0.05, 0) is 22.3 Å². The minimum Gasteiger partial charge on any atom is -0.246 e. The van der Waals surface area contributed by atoms with Gasteiger partial charge in [0, 0.05) is 13.0 Å². The third-order valence-electron chi connectivity index (χ3n) is 8.18. The van der Waals surface area contributed by atoms with E-state index in [-0.39, 0.29) is 4.57 Å². The maximum Gasteiger partial charge on any atom is 0.460 e. The van der Waals surface area contributed by atoms with E-state index in [1.54, 1.807) is 0 Å². The number of benzene rings is 2. The average molecular weight is 723 g/mol. The summed E-state index contributed by atoms with van der Waals surface area (Å²) in [6.07, 6.45) is -10.8. The van der Waals surface area contributed by atoms with Crippen molar-refractivity contribution in [3.8, 4) is 0 Å². The van der Waals surface area contributed by atoms with Crippen molar-refractivity contribution in [2.24, 2.45) is 0 Å². The molecule has 22 heteroatoms. The molecule has 3 heterocycles. The lowest BCUT2D eigenvalue weighted by molar-refractivity contribution is -0.461. The van der Waals surface area contributed by atoms with Gasteiger partial charge in [0.15, 0.2) is 0 Å². The molecule has 3 aliphatic rings. The summed E-state index contributed by atoms with van der Waals surface area (Å²) in [6, 6.07) is 9.86. The van der Waals surface area contributed by atoms with E-state index in [0.717, 1.165) is 0 Å². The lowest BCUT2D eigenvalue weighted by Gasteiger charge is -2.42. The largest absolute Gasteiger partial charge is 0.460 e. The van der Waals surface area contributed by atoms with Gasteiger partial charge >= 0.3 is 59.0 Å². The van der Waals surface area contributed by atoms with Crippen LogP contribution in [0.25, 0.3) is 0 Å². The number of hydrogen-bond donors (Lipinski definition) is 0. The molecule has 2 bridgehead atoms. The molecule has 0 saturated carbocycles. The molecule has 48 heavy (non-hydrogen) atoms. The highest BCUT2D eigenvalue weighted by Gasteiger charge is 2.95. The highest BCUT2D eigenvalue weighted by atomic mass is 19.4. The van der Waals surface area contributed by atoms with Crippen molar-refractivity contribution in [1.29, 1.82) is 0 Å². The van der Waals surface area contributed by atoms with E-state index in [4.69, 9.17) is 0 Å². The summed E-state index contributed by atoms with van der Waals surface area (Å²) in [6.45, 7) is -2.03.